The van der Waals surface area contributed by atoms with Gasteiger partial charge in [0.15, 0.2) is 11.7 Å². The highest BCUT2D eigenvalue weighted by atomic mass is 79.9. The molecule has 0 unspecified atom stereocenters. The molecule has 0 bridgehead atoms. The van der Waals surface area contributed by atoms with E-state index in [1.807, 2.05) is 19.1 Å². The third-order valence-corrected chi connectivity index (χ3v) is 4.35. The first kappa shape index (κ1) is 18.4. The standard InChI is InChI=1S/C15H14BrN3O3S2/c1-9-7-10(16)4-5-11(9)22-8-13(20)18-19-15(23)17-14(21)12-3-2-6-24-12/h2-7H,8H2,1H3,(H,18,20)(H2,17,19,21,23). The first-order chi connectivity index (χ1) is 11.5. The van der Waals surface area contributed by atoms with Crippen molar-refractivity contribution in [1.82, 2.24) is 16.2 Å². The number of hydrazine groups is 1. The molecular weight excluding hydrogens is 414 g/mol. The van der Waals surface area contributed by atoms with Crippen LogP contribution in [0.3, 0.4) is 0 Å². The number of aryl methyl sites for hydroxylation is 1. The van der Waals surface area contributed by atoms with E-state index in [0.29, 0.717) is 10.6 Å². The molecule has 0 saturated carbocycles. The van der Waals surface area contributed by atoms with Gasteiger partial charge in [-0.25, -0.2) is 0 Å². The molecule has 24 heavy (non-hydrogen) atoms. The van der Waals surface area contributed by atoms with Crippen molar-refractivity contribution in [3.63, 3.8) is 0 Å². The Morgan fingerprint density at radius 1 is 1.29 bits per heavy atom. The van der Waals surface area contributed by atoms with E-state index in [2.05, 4.69) is 32.1 Å². The molecule has 0 aliphatic heterocycles. The molecule has 0 saturated heterocycles. The van der Waals surface area contributed by atoms with Crippen LogP contribution in [0, 0.1) is 6.92 Å². The Morgan fingerprint density at radius 3 is 2.75 bits per heavy atom. The van der Waals surface area contributed by atoms with E-state index in [9.17, 15) is 9.59 Å². The molecule has 0 atom stereocenters. The van der Waals surface area contributed by atoms with Crippen LogP contribution < -0.4 is 20.9 Å². The molecule has 2 aromatic rings. The summed E-state index contributed by atoms with van der Waals surface area (Å²) in [6, 6.07) is 8.93. The molecule has 0 spiro atoms. The molecule has 1 heterocycles. The second-order valence-electron chi connectivity index (χ2n) is 4.63. The molecule has 2 rings (SSSR count). The van der Waals surface area contributed by atoms with Gasteiger partial charge in [0.1, 0.15) is 5.75 Å². The average molecular weight is 428 g/mol. The molecule has 126 valence electrons. The van der Waals surface area contributed by atoms with Crippen LogP contribution in [0.4, 0.5) is 0 Å². The fourth-order valence-corrected chi connectivity index (χ4v) is 2.92. The largest absolute Gasteiger partial charge is 0.483 e. The van der Waals surface area contributed by atoms with Crippen LogP contribution in [-0.4, -0.2) is 23.5 Å². The van der Waals surface area contributed by atoms with Crippen LogP contribution in [0.25, 0.3) is 0 Å². The van der Waals surface area contributed by atoms with Crippen molar-refractivity contribution in [2.75, 3.05) is 6.61 Å². The molecule has 9 heteroatoms. The summed E-state index contributed by atoms with van der Waals surface area (Å²) in [6.07, 6.45) is 0. The molecule has 2 amide bonds. The molecule has 1 aromatic heterocycles. The van der Waals surface area contributed by atoms with Gasteiger partial charge in [0.05, 0.1) is 4.88 Å². The highest BCUT2D eigenvalue weighted by Gasteiger charge is 2.10. The maximum absolute atomic E-state index is 11.8. The van der Waals surface area contributed by atoms with E-state index < -0.39 is 5.91 Å². The van der Waals surface area contributed by atoms with Crippen LogP contribution in [0.2, 0.25) is 0 Å². The monoisotopic (exact) mass is 427 g/mol. The highest BCUT2D eigenvalue weighted by Crippen LogP contribution is 2.21. The summed E-state index contributed by atoms with van der Waals surface area (Å²) in [4.78, 5) is 24.0. The fraction of sp³-hybridized carbons (Fsp3) is 0.133. The zero-order valence-electron chi connectivity index (χ0n) is 12.6. The van der Waals surface area contributed by atoms with Crippen LogP contribution in [0.1, 0.15) is 15.2 Å². The van der Waals surface area contributed by atoms with Crippen molar-refractivity contribution >= 4 is 56.4 Å². The summed E-state index contributed by atoms with van der Waals surface area (Å²) in [5, 5.41) is 4.25. The highest BCUT2D eigenvalue weighted by molar-refractivity contribution is 9.10. The number of hydrogen-bond acceptors (Lipinski definition) is 5. The Morgan fingerprint density at radius 2 is 2.08 bits per heavy atom. The number of carbonyl (C=O) groups excluding carboxylic acids is 2. The SMILES string of the molecule is Cc1cc(Br)ccc1OCC(=O)NNC(=S)NC(=O)c1cccs1. The Balaban J connectivity index is 1.72. The number of halogens is 1. The van der Waals surface area contributed by atoms with Crippen molar-refractivity contribution in [2.24, 2.45) is 0 Å². The second kappa shape index (κ2) is 8.76. The van der Waals surface area contributed by atoms with E-state index in [0.717, 1.165) is 10.0 Å². The predicted molar refractivity (Wildman–Crippen MR) is 100 cm³/mol. The molecular formula is C15H14BrN3O3S2. The third kappa shape index (κ3) is 5.59. The Hall–Kier alpha value is -1.97. The van der Waals surface area contributed by atoms with Gasteiger partial charge in [0, 0.05) is 4.47 Å². The number of amides is 2. The van der Waals surface area contributed by atoms with Crippen molar-refractivity contribution in [3.8, 4) is 5.75 Å². The van der Waals surface area contributed by atoms with Gasteiger partial charge in [-0.2, -0.15) is 0 Å². The normalized spacial score (nSPS) is 9.92. The first-order valence-corrected chi connectivity index (χ1v) is 8.86. The Bertz CT molecular complexity index is 750. The fourth-order valence-electron chi connectivity index (χ4n) is 1.68. The zero-order chi connectivity index (χ0) is 17.5. The zero-order valence-corrected chi connectivity index (χ0v) is 15.8. The van der Waals surface area contributed by atoms with Crippen molar-refractivity contribution in [2.45, 2.75) is 6.92 Å². The van der Waals surface area contributed by atoms with Gasteiger partial charge in [-0.05, 0) is 54.4 Å². The van der Waals surface area contributed by atoms with Crippen molar-refractivity contribution in [1.29, 1.82) is 0 Å². The molecule has 1 aromatic carbocycles. The van der Waals surface area contributed by atoms with E-state index in [4.69, 9.17) is 17.0 Å². The maximum atomic E-state index is 11.8. The van der Waals surface area contributed by atoms with Crippen LogP contribution in [0.5, 0.6) is 5.75 Å². The van der Waals surface area contributed by atoms with Crippen molar-refractivity contribution < 1.29 is 14.3 Å². The molecule has 6 nitrogen and oxygen atoms in total. The van der Waals surface area contributed by atoms with E-state index in [1.54, 1.807) is 23.6 Å². The smallest absolute Gasteiger partial charge is 0.276 e. The number of nitrogens with one attached hydrogen (secondary N) is 3. The van der Waals surface area contributed by atoms with Crippen LogP contribution >= 0.6 is 39.5 Å². The van der Waals surface area contributed by atoms with Gasteiger partial charge in [-0.1, -0.05) is 22.0 Å². The Kier molecular flexibility index (Phi) is 6.71. The molecule has 0 aliphatic carbocycles. The minimum Gasteiger partial charge on any atom is -0.483 e. The lowest BCUT2D eigenvalue weighted by atomic mass is 10.2. The predicted octanol–water partition coefficient (Wildman–Crippen LogP) is 2.53. The lowest BCUT2D eigenvalue weighted by Gasteiger charge is -2.12. The van der Waals surface area contributed by atoms with Crippen LogP contribution in [-0.2, 0) is 4.79 Å². The van der Waals surface area contributed by atoms with E-state index in [1.165, 1.54) is 11.3 Å². The maximum Gasteiger partial charge on any atom is 0.276 e. The number of ether oxygens (including phenoxy) is 1. The summed E-state index contributed by atoms with van der Waals surface area (Å²) < 4.78 is 6.36. The number of carbonyl (C=O) groups is 2. The molecule has 0 radical (unpaired) electrons. The molecule has 3 N–H and O–H groups in total. The second-order valence-corrected chi connectivity index (χ2v) is 6.90. The van der Waals surface area contributed by atoms with Gasteiger partial charge in [0.2, 0.25) is 0 Å². The number of hydrogen-bond donors (Lipinski definition) is 3. The summed E-state index contributed by atoms with van der Waals surface area (Å²) in [5.41, 5.74) is 5.72. The molecule has 0 fully saturated rings. The first-order valence-electron chi connectivity index (χ1n) is 6.78. The number of benzene rings is 1. The van der Waals surface area contributed by atoms with E-state index in [-0.39, 0.29) is 17.6 Å². The van der Waals surface area contributed by atoms with Crippen LogP contribution in [0.15, 0.2) is 40.2 Å². The summed E-state index contributed by atoms with van der Waals surface area (Å²) >= 11 is 9.59. The molecule has 0 aliphatic rings. The third-order valence-electron chi connectivity index (χ3n) is 2.78. The summed E-state index contributed by atoms with van der Waals surface area (Å²) in [5.74, 6) is -0.148. The lowest BCUT2D eigenvalue weighted by molar-refractivity contribution is -0.123. The topological polar surface area (TPSA) is 79.5 Å². The van der Waals surface area contributed by atoms with Gasteiger partial charge in [-0.15, -0.1) is 11.3 Å². The minimum atomic E-state index is -0.426. The van der Waals surface area contributed by atoms with Gasteiger partial charge in [-0.3, -0.25) is 25.8 Å². The van der Waals surface area contributed by atoms with Crippen molar-refractivity contribution in [3.05, 3.63) is 50.6 Å². The quantitative estimate of drug-likeness (QED) is 0.515. The van der Waals surface area contributed by atoms with Gasteiger partial charge >= 0.3 is 0 Å². The number of rotatable bonds is 4. The lowest BCUT2D eigenvalue weighted by Crippen LogP contribution is -2.49. The summed E-state index contributed by atoms with van der Waals surface area (Å²) in [6.45, 7) is 1.70. The average Bonchev–Trinajstić information content (AvgIpc) is 3.06. The summed E-state index contributed by atoms with van der Waals surface area (Å²) in [7, 11) is 0. The number of thiophene rings is 1. The van der Waals surface area contributed by atoms with Gasteiger partial charge in [0.25, 0.3) is 11.8 Å². The number of thiocarbonyl (C=S) groups is 1. The minimum absolute atomic E-state index is 0.00146. The van der Waals surface area contributed by atoms with Gasteiger partial charge < -0.3 is 4.74 Å². The Labute approximate surface area is 156 Å². The van der Waals surface area contributed by atoms with E-state index >= 15 is 0 Å².